The SMILES string of the molecule is O=C(NCCc1ccc(O)cc1)c1cccc[n+]1[O-]. The van der Waals surface area contributed by atoms with E-state index in [2.05, 4.69) is 5.32 Å². The molecule has 0 aliphatic carbocycles. The molecule has 5 heteroatoms. The molecule has 1 aromatic heterocycles. The standard InChI is InChI=1S/C14H14N2O3/c17-12-6-4-11(5-7-12)8-9-15-14(18)13-3-1-2-10-16(13)19/h1-7,10,17H,8-9H2,(H,15,18). The fraction of sp³-hybridized carbons (Fsp3) is 0.143. The van der Waals surface area contributed by atoms with Crippen LogP contribution in [0.2, 0.25) is 0 Å². The van der Waals surface area contributed by atoms with Crippen LogP contribution < -0.4 is 10.0 Å². The number of pyridine rings is 1. The van der Waals surface area contributed by atoms with Gasteiger partial charge >= 0.3 is 5.91 Å². The molecule has 19 heavy (non-hydrogen) atoms. The average molecular weight is 258 g/mol. The minimum absolute atomic E-state index is 0.0770. The minimum Gasteiger partial charge on any atom is -0.618 e. The fourth-order valence-electron chi connectivity index (χ4n) is 1.68. The highest BCUT2D eigenvalue weighted by atomic mass is 16.5. The van der Waals surface area contributed by atoms with Gasteiger partial charge in [0.15, 0.2) is 6.20 Å². The number of rotatable bonds is 4. The first kappa shape index (κ1) is 12.9. The van der Waals surface area contributed by atoms with E-state index in [0.717, 1.165) is 5.56 Å². The lowest BCUT2D eigenvalue weighted by Crippen LogP contribution is -2.39. The summed E-state index contributed by atoms with van der Waals surface area (Å²) in [6.45, 7) is 0.429. The van der Waals surface area contributed by atoms with E-state index in [-0.39, 0.29) is 11.4 Å². The quantitative estimate of drug-likeness (QED) is 0.634. The van der Waals surface area contributed by atoms with Crippen LogP contribution in [0, 0.1) is 5.21 Å². The molecule has 0 spiro atoms. The second-order valence-electron chi connectivity index (χ2n) is 4.08. The normalized spacial score (nSPS) is 10.1. The number of amides is 1. The van der Waals surface area contributed by atoms with E-state index in [1.807, 2.05) is 0 Å². The molecule has 0 aliphatic rings. The van der Waals surface area contributed by atoms with Crippen LogP contribution in [0.1, 0.15) is 16.1 Å². The summed E-state index contributed by atoms with van der Waals surface area (Å²) in [5, 5.41) is 23.2. The Balaban J connectivity index is 1.88. The van der Waals surface area contributed by atoms with Crippen molar-refractivity contribution >= 4 is 5.91 Å². The van der Waals surface area contributed by atoms with E-state index >= 15 is 0 Å². The van der Waals surface area contributed by atoms with Gasteiger partial charge in [0.05, 0.1) is 0 Å². The number of nitrogens with one attached hydrogen (secondary N) is 1. The Morgan fingerprint density at radius 2 is 1.95 bits per heavy atom. The molecule has 0 unspecified atom stereocenters. The molecule has 0 aliphatic heterocycles. The summed E-state index contributed by atoms with van der Waals surface area (Å²) in [6, 6.07) is 11.5. The largest absolute Gasteiger partial charge is 0.618 e. The van der Waals surface area contributed by atoms with Gasteiger partial charge in [-0.25, -0.2) is 0 Å². The highest BCUT2D eigenvalue weighted by Crippen LogP contribution is 2.09. The van der Waals surface area contributed by atoms with Crippen LogP contribution in [-0.4, -0.2) is 17.6 Å². The molecule has 0 saturated heterocycles. The number of benzene rings is 1. The number of nitrogens with zero attached hydrogens (tertiary/aromatic N) is 1. The molecular weight excluding hydrogens is 244 g/mol. The molecule has 1 amide bonds. The molecule has 0 bridgehead atoms. The summed E-state index contributed by atoms with van der Waals surface area (Å²) in [4.78, 5) is 11.7. The van der Waals surface area contributed by atoms with Crippen LogP contribution in [-0.2, 0) is 6.42 Å². The van der Waals surface area contributed by atoms with Gasteiger partial charge in [-0.3, -0.25) is 4.79 Å². The molecule has 1 aromatic carbocycles. The van der Waals surface area contributed by atoms with Gasteiger partial charge in [-0.05, 0) is 30.2 Å². The van der Waals surface area contributed by atoms with Crippen LogP contribution in [0.5, 0.6) is 5.75 Å². The van der Waals surface area contributed by atoms with Crippen LogP contribution in [0.15, 0.2) is 48.7 Å². The maximum absolute atomic E-state index is 11.7. The summed E-state index contributed by atoms with van der Waals surface area (Å²) in [5.41, 5.74) is 1.08. The van der Waals surface area contributed by atoms with Crippen LogP contribution >= 0.6 is 0 Å². The number of carbonyl (C=O) groups excluding carboxylic acids is 1. The lowest BCUT2D eigenvalue weighted by Gasteiger charge is -2.06. The smallest absolute Gasteiger partial charge is 0.317 e. The number of hydrogen-bond acceptors (Lipinski definition) is 3. The van der Waals surface area contributed by atoms with Gasteiger partial charge in [0, 0.05) is 18.7 Å². The van der Waals surface area contributed by atoms with E-state index in [1.54, 1.807) is 36.4 Å². The second kappa shape index (κ2) is 5.86. The summed E-state index contributed by atoms with van der Waals surface area (Å²) in [5.74, 6) is -0.182. The molecule has 0 fully saturated rings. The van der Waals surface area contributed by atoms with Crippen molar-refractivity contribution in [3.63, 3.8) is 0 Å². The third-order valence-electron chi connectivity index (χ3n) is 2.69. The molecule has 5 nitrogen and oxygen atoms in total. The Morgan fingerprint density at radius 1 is 1.21 bits per heavy atom. The summed E-state index contributed by atoms with van der Waals surface area (Å²) in [7, 11) is 0. The first-order chi connectivity index (χ1) is 9.16. The monoisotopic (exact) mass is 258 g/mol. The van der Waals surface area contributed by atoms with Crippen molar-refractivity contribution in [1.82, 2.24) is 5.32 Å². The summed E-state index contributed by atoms with van der Waals surface area (Å²) < 4.78 is 0.538. The van der Waals surface area contributed by atoms with Gasteiger partial charge in [-0.1, -0.05) is 12.1 Å². The van der Waals surface area contributed by atoms with Gasteiger partial charge in [-0.2, -0.15) is 4.73 Å². The highest BCUT2D eigenvalue weighted by molar-refractivity contribution is 5.90. The van der Waals surface area contributed by atoms with Crippen LogP contribution in [0.4, 0.5) is 0 Å². The molecule has 1 heterocycles. The van der Waals surface area contributed by atoms with Gasteiger partial charge in [0.1, 0.15) is 5.75 Å². The Morgan fingerprint density at radius 3 is 2.63 bits per heavy atom. The molecule has 0 radical (unpaired) electrons. The topological polar surface area (TPSA) is 76.3 Å². The van der Waals surface area contributed by atoms with Gasteiger partial charge in [0.2, 0.25) is 0 Å². The van der Waals surface area contributed by atoms with Crippen molar-refractivity contribution < 1.29 is 14.6 Å². The fourth-order valence-corrected chi connectivity index (χ4v) is 1.68. The number of aromatic nitrogens is 1. The first-order valence-electron chi connectivity index (χ1n) is 5.91. The molecule has 2 N–H and O–H groups in total. The van der Waals surface area contributed by atoms with E-state index in [4.69, 9.17) is 5.11 Å². The number of aromatic hydroxyl groups is 1. The zero-order chi connectivity index (χ0) is 13.7. The molecule has 0 atom stereocenters. The zero-order valence-corrected chi connectivity index (χ0v) is 10.2. The van der Waals surface area contributed by atoms with Crippen molar-refractivity contribution in [1.29, 1.82) is 0 Å². The van der Waals surface area contributed by atoms with E-state index < -0.39 is 5.91 Å². The Kier molecular flexibility index (Phi) is 3.97. The van der Waals surface area contributed by atoms with Crippen molar-refractivity contribution in [2.75, 3.05) is 6.54 Å². The van der Waals surface area contributed by atoms with Crippen molar-refractivity contribution in [2.45, 2.75) is 6.42 Å². The highest BCUT2D eigenvalue weighted by Gasteiger charge is 2.13. The van der Waals surface area contributed by atoms with Crippen molar-refractivity contribution in [3.05, 3.63) is 65.1 Å². The van der Waals surface area contributed by atoms with E-state index in [9.17, 15) is 10.0 Å². The predicted octanol–water partition coefficient (Wildman–Crippen LogP) is 0.998. The zero-order valence-electron chi connectivity index (χ0n) is 10.2. The molecule has 2 rings (SSSR count). The maximum atomic E-state index is 11.7. The van der Waals surface area contributed by atoms with Crippen LogP contribution in [0.25, 0.3) is 0 Å². The number of hydrogen-bond donors (Lipinski definition) is 2. The molecule has 98 valence electrons. The third-order valence-corrected chi connectivity index (χ3v) is 2.69. The lowest BCUT2D eigenvalue weighted by molar-refractivity contribution is -0.607. The summed E-state index contributed by atoms with van der Waals surface area (Å²) >= 11 is 0. The molecule has 0 saturated carbocycles. The Bertz CT molecular complexity index is 567. The number of phenolic OH excluding ortho intramolecular Hbond substituents is 1. The van der Waals surface area contributed by atoms with Crippen LogP contribution in [0.3, 0.4) is 0 Å². The van der Waals surface area contributed by atoms with E-state index in [0.29, 0.717) is 17.7 Å². The molecule has 2 aromatic rings. The predicted molar refractivity (Wildman–Crippen MR) is 69.5 cm³/mol. The Labute approximate surface area is 110 Å². The van der Waals surface area contributed by atoms with Gasteiger partial charge in [0.25, 0.3) is 5.69 Å². The molecular formula is C14H14N2O3. The summed E-state index contributed by atoms with van der Waals surface area (Å²) in [6.07, 6.45) is 1.92. The second-order valence-corrected chi connectivity index (χ2v) is 4.08. The van der Waals surface area contributed by atoms with Crippen molar-refractivity contribution in [3.8, 4) is 5.75 Å². The van der Waals surface area contributed by atoms with Crippen molar-refractivity contribution in [2.24, 2.45) is 0 Å². The number of phenols is 1. The Hall–Kier alpha value is -2.56. The number of carbonyl (C=O) groups is 1. The minimum atomic E-state index is -0.394. The maximum Gasteiger partial charge on any atom is 0.317 e. The first-order valence-corrected chi connectivity index (χ1v) is 5.91. The lowest BCUT2D eigenvalue weighted by atomic mass is 10.1. The third kappa shape index (κ3) is 3.45. The van der Waals surface area contributed by atoms with E-state index in [1.165, 1.54) is 12.3 Å². The van der Waals surface area contributed by atoms with Gasteiger partial charge < -0.3 is 15.6 Å². The van der Waals surface area contributed by atoms with Gasteiger partial charge in [-0.15, -0.1) is 0 Å². The average Bonchev–Trinajstić information content (AvgIpc) is 2.41.